The number of benzene rings is 1. The van der Waals surface area contributed by atoms with Crippen LogP contribution in [0.5, 0.6) is 0 Å². The second kappa shape index (κ2) is 7.66. The van der Waals surface area contributed by atoms with Crippen LogP contribution >= 0.6 is 0 Å². The van der Waals surface area contributed by atoms with E-state index in [4.69, 9.17) is 4.74 Å². The molecule has 1 aliphatic carbocycles. The van der Waals surface area contributed by atoms with Crippen LogP contribution in [0.4, 0.5) is 0 Å². The molecule has 0 heterocycles. The highest BCUT2D eigenvalue weighted by Gasteiger charge is 2.15. The Morgan fingerprint density at radius 1 is 1.16 bits per heavy atom. The summed E-state index contributed by atoms with van der Waals surface area (Å²) in [6.07, 6.45) is 6.76. The fraction of sp³-hybridized carbons (Fsp3) is 0.647. The summed E-state index contributed by atoms with van der Waals surface area (Å²) in [5.41, 5.74) is 2.79. The van der Waals surface area contributed by atoms with E-state index >= 15 is 0 Å². The van der Waals surface area contributed by atoms with Crippen molar-refractivity contribution in [3.8, 4) is 0 Å². The Morgan fingerprint density at radius 2 is 1.84 bits per heavy atom. The molecule has 0 spiro atoms. The zero-order valence-electron chi connectivity index (χ0n) is 12.3. The molecule has 1 aromatic rings. The summed E-state index contributed by atoms with van der Waals surface area (Å²) in [7, 11) is 0. The molecule has 106 valence electrons. The smallest absolute Gasteiger partial charge is 0.0723 e. The predicted molar refractivity (Wildman–Crippen MR) is 80.3 cm³/mol. The molecule has 19 heavy (non-hydrogen) atoms. The molecule has 0 radical (unpaired) electrons. The monoisotopic (exact) mass is 261 g/mol. The Labute approximate surface area is 117 Å². The fourth-order valence-electron chi connectivity index (χ4n) is 2.70. The van der Waals surface area contributed by atoms with E-state index in [9.17, 15) is 0 Å². The molecule has 2 heteroatoms. The van der Waals surface area contributed by atoms with Gasteiger partial charge < -0.3 is 10.1 Å². The van der Waals surface area contributed by atoms with E-state index in [1.165, 1.54) is 36.8 Å². The van der Waals surface area contributed by atoms with Crippen LogP contribution in [0.3, 0.4) is 0 Å². The molecule has 0 aliphatic heterocycles. The number of rotatable bonds is 7. The maximum atomic E-state index is 6.04. The fourth-order valence-corrected chi connectivity index (χ4v) is 2.70. The first-order valence-corrected chi connectivity index (χ1v) is 7.67. The lowest BCUT2D eigenvalue weighted by atomic mass is 10.0. The van der Waals surface area contributed by atoms with Gasteiger partial charge in [0.1, 0.15) is 0 Å². The van der Waals surface area contributed by atoms with Gasteiger partial charge in [0, 0.05) is 6.04 Å². The van der Waals surface area contributed by atoms with E-state index in [0.717, 1.165) is 19.6 Å². The topological polar surface area (TPSA) is 21.3 Å². The van der Waals surface area contributed by atoms with Gasteiger partial charge >= 0.3 is 0 Å². The molecule has 2 rings (SSSR count). The van der Waals surface area contributed by atoms with Gasteiger partial charge in [-0.3, -0.25) is 0 Å². The number of hydrogen-bond acceptors (Lipinski definition) is 2. The van der Waals surface area contributed by atoms with E-state index in [1.807, 2.05) is 0 Å². The Balaban J connectivity index is 1.84. The quantitative estimate of drug-likeness (QED) is 0.808. The molecule has 0 unspecified atom stereocenters. The second-order valence-electron chi connectivity index (χ2n) is 5.85. The van der Waals surface area contributed by atoms with Crippen LogP contribution in [0.25, 0.3) is 0 Å². The third kappa shape index (κ3) is 4.96. The minimum atomic E-state index is 0.502. The Bertz CT molecular complexity index is 369. The average molecular weight is 261 g/mol. The maximum Gasteiger partial charge on any atom is 0.0723 e. The van der Waals surface area contributed by atoms with Crippen LogP contribution < -0.4 is 5.32 Å². The first-order valence-electron chi connectivity index (χ1n) is 7.67. The van der Waals surface area contributed by atoms with Crippen LogP contribution in [0.2, 0.25) is 0 Å². The van der Waals surface area contributed by atoms with Gasteiger partial charge in [-0.05, 0) is 36.9 Å². The zero-order chi connectivity index (χ0) is 13.5. The molecule has 0 saturated heterocycles. The van der Waals surface area contributed by atoms with Gasteiger partial charge in [-0.15, -0.1) is 0 Å². The Kier molecular flexibility index (Phi) is 5.87. The molecule has 1 fully saturated rings. The molecule has 0 amide bonds. The van der Waals surface area contributed by atoms with Crippen molar-refractivity contribution >= 4 is 0 Å². The van der Waals surface area contributed by atoms with Crippen molar-refractivity contribution in [2.75, 3.05) is 6.54 Å². The third-order valence-electron chi connectivity index (χ3n) is 3.84. The highest BCUT2D eigenvalue weighted by Crippen LogP contribution is 2.22. The highest BCUT2D eigenvalue weighted by atomic mass is 16.5. The maximum absolute atomic E-state index is 6.04. The predicted octanol–water partition coefficient (Wildman–Crippen LogP) is 3.69. The molecule has 1 aromatic carbocycles. The van der Waals surface area contributed by atoms with Crippen molar-refractivity contribution in [3.05, 3.63) is 35.4 Å². The normalized spacial score (nSPS) is 16.4. The molecule has 1 saturated carbocycles. The van der Waals surface area contributed by atoms with Crippen molar-refractivity contribution in [2.24, 2.45) is 0 Å². The van der Waals surface area contributed by atoms with Gasteiger partial charge in [-0.2, -0.15) is 0 Å². The van der Waals surface area contributed by atoms with Crippen molar-refractivity contribution in [2.45, 2.75) is 64.7 Å². The lowest BCUT2D eigenvalue weighted by Crippen LogP contribution is -2.25. The molecule has 0 atom stereocenters. The van der Waals surface area contributed by atoms with Crippen molar-refractivity contribution in [1.82, 2.24) is 5.32 Å². The van der Waals surface area contributed by atoms with Crippen LogP contribution in [0.15, 0.2) is 24.3 Å². The largest absolute Gasteiger partial charge is 0.374 e. The summed E-state index contributed by atoms with van der Waals surface area (Å²) in [4.78, 5) is 0. The SMILES string of the molecule is CC(C)NCCc1ccccc1COC1CCCC1. The van der Waals surface area contributed by atoms with Crippen molar-refractivity contribution in [3.63, 3.8) is 0 Å². The van der Waals surface area contributed by atoms with Gasteiger partial charge in [0.15, 0.2) is 0 Å². The summed E-state index contributed by atoms with van der Waals surface area (Å²) in [5, 5.41) is 3.48. The molecule has 0 bridgehead atoms. The first-order chi connectivity index (χ1) is 9.25. The third-order valence-corrected chi connectivity index (χ3v) is 3.84. The van der Waals surface area contributed by atoms with Gasteiger partial charge in [-0.1, -0.05) is 51.0 Å². The van der Waals surface area contributed by atoms with E-state index in [-0.39, 0.29) is 0 Å². The van der Waals surface area contributed by atoms with E-state index in [2.05, 4.69) is 43.4 Å². The second-order valence-corrected chi connectivity index (χ2v) is 5.85. The number of hydrogen-bond donors (Lipinski definition) is 1. The molecule has 1 N–H and O–H groups in total. The molecule has 0 aromatic heterocycles. The van der Waals surface area contributed by atoms with Crippen LogP contribution in [-0.4, -0.2) is 18.7 Å². The van der Waals surface area contributed by atoms with E-state index in [1.54, 1.807) is 0 Å². The Morgan fingerprint density at radius 3 is 2.53 bits per heavy atom. The summed E-state index contributed by atoms with van der Waals surface area (Å²) in [5.74, 6) is 0. The minimum Gasteiger partial charge on any atom is -0.374 e. The van der Waals surface area contributed by atoms with Gasteiger partial charge in [0.2, 0.25) is 0 Å². The highest BCUT2D eigenvalue weighted by molar-refractivity contribution is 5.26. The average Bonchev–Trinajstić information content (AvgIpc) is 2.90. The Hall–Kier alpha value is -0.860. The van der Waals surface area contributed by atoms with Gasteiger partial charge in [0.25, 0.3) is 0 Å². The molecular formula is C17H27NO. The standard InChI is InChI=1S/C17H27NO/c1-14(2)18-12-11-15-7-3-4-8-16(15)13-19-17-9-5-6-10-17/h3-4,7-8,14,17-18H,5-6,9-13H2,1-2H3. The van der Waals surface area contributed by atoms with Crippen LogP contribution in [-0.2, 0) is 17.8 Å². The van der Waals surface area contributed by atoms with Crippen molar-refractivity contribution in [1.29, 1.82) is 0 Å². The van der Waals surface area contributed by atoms with Crippen LogP contribution in [0.1, 0.15) is 50.7 Å². The van der Waals surface area contributed by atoms with Gasteiger partial charge in [-0.25, -0.2) is 0 Å². The van der Waals surface area contributed by atoms with Crippen molar-refractivity contribution < 1.29 is 4.74 Å². The molecular weight excluding hydrogens is 234 g/mol. The van der Waals surface area contributed by atoms with E-state index in [0.29, 0.717) is 12.1 Å². The first kappa shape index (κ1) is 14.5. The summed E-state index contributed by atoms with van der Waals surface area (Å²) in [6.45, 7) is 6.20. The lowest BCUT2D eigenvalue weighted by Gasteiger charge is -2.15. The lowest BCUT2D eigenvalue weighted by molar-refractivity contribution is 0.0453. The zero-order valence-corrected chi connectivity index (χ0v) is 12.3. The van der Waals surface area contributed by atoms with Crippen LogP contribution in [0, 0.1) is 0 Å². The summed E-state index contributed by atoms with van der Waals surface area (Å²) >= 11 is 0. The minimum absolute atomic E-state index is 0.502. The molecule has 1 aliphatic rings. The van der Waals surface area contributed by atoms with Gasteiger partial charge in [0.05, 0.1) is 12.7 Å². The number of ether oxygens (including phenoxy) is 1. The molecule has 2 nitrogen and oxygen atoms in total. The summed E-state index contributed by atoms with van der Waals surface area (Å²) < 4.78 is 6.04. The number of nitrogens with one attached hydrogen (secondary N) is 1. The van der Waals surface area contributed by atoms with E-state index < -0.39 is 0 Å². The summed E-state index contributed by atoms with van der Waals surface area (Å²) in [6, 6.07) is 9.24.